The first-order chi connectivity index (χ1) is 16.9. The summed E-state index contributed by atoms with van der Waals surface area (Å²) in [5, 5.41) is 5.66. The van der Waals surface area contributed by atoms with E-state index >= 15 is 0 Å². The van der Waals surface area contributed by atoms with Crippen molar-refractivity contribution in [1.82, 2.24) is 4.98 Å². The molecule has 0 fully saturated rings. The Balaban J connectivity index is 1.39. The van der Waals surface area contributed by atoms with Crippen LogP contribution in [-0.4, -0.2) is 11.0 Å². The fraction of sp³-hybridized carbons (Fsp3) is 0.172. The summed E-state index contributed by atoms with van der Waals surface area (Å²) in [5.74, 6) is 1.75. The van der Waals surface area contributed by atoms with Crippen LogP contribution in [0.15, 0.2) is 97.2 Å². The predicted octanol–water partition coefficient (Wildman–Crippen LogP) is 7.39. The van der Waals surface area contributed by atoms with Crippen molar-refractivity contribution in [3.8, 4) is 17.4 Å². The van der Waals surface area contributed by atoms with E-state index in [9.17, 15) is 4.79 Å². The third-order valence-corrected chi connectivity index (χ3v) is 5.28. The Kier molecular flexibility index (Phi) is 7.31. The number of carbonyl (C=O) groups excluding carboxylic acids is 1. The Morgan fingerprint density at radius 2 is 1.54 bits per heavy atom. The SMILES string of the molecule is CC(C)(C)c1ccccc1Oc1ncccc1NC(=O)Nc1ccc(OCc2ccccc2)cc1. The van der Waals surface area contributed by atoms with Gasteiger partial charge < -0.3 is 20.1 Å². The molecule has 0 atom stereocenters. The number of urea groups is 1. The van der Waals surface area contributed by atoms with E-state index in [1.807, 2.05) is 66.7 Å². The highest BCUT2D eigenvalue weighted by Gasteiger charge is 2.20. The van der Waals surface area contributed by atoms with Gasteiger partial charge in [0.15, 0.2) is 0 Å². The van der Waals surface area contributed by atoms with Gasteiger partial charge in [0, 0.05) is 17.4 Å². The maximum absolute atomic E-state index is 12.7. The summed E-state index contributed by atoms with van der Waals surface area (Å²) in [5.41, 5.74) is 3.15. The van der Waals surface area contributed by atoms with Gasteiger partial charge in [0.1, 0.15) is 23.8 Å². The van der Waals surface area contributed by atoms with E-state index in [1.54, 1.807) is 30.5 Å². The molecule has 6 nitrogen and oxygen atoms in total. The van der Waals surface area contributed by atoms with Gasteiger partial charge in [-0.15, -0.1) is 0 Å². The molecule has 1 aromatic heterocycles. The molecule has 4 rings (SSSR count). The third-order valence-electron chi connectivity index (χ3n) is 5.28. The van der Waals surface area contributed by atoms with Crippen LogP contribution in [0.1, 0.15) is 31.9 Å². The Labute approximate surface area is 206 Å². The smallest absolute Gasteiger partial charge is 0.323 e. The van der Waals surface area contributed by atoms with Crippen molar-refractivity contribution in [2.75, 3.05) is 10.6 Å². The molecule has 0 bridgehead atoms. The third kappa shape index (κ3) is 6.60. The highest BCUT2D eigenvalue weighted by atomic mass is 16.5. The normalized spacial score (nSPS) is 10.9. The van der Waals surface area contributed by atoms with Crippen LogP contribution in [0.4, 0.5) is 16.2 Å². The van der Waals surface area contributed by atoms with Crippen molar-refractivity contribution in [3.63, 3.8) is 0 Å². The van der Waals surface area contributed by atoms with E-state index < -0.39 is 6.03 Å². The van der Waals surface area contributed by atoms with Gasteiger partial charge in [0.05, 0.1) is 0 Å². The summed E-state index contributed by atoms with van der Waals surface area (Å²) in [4.78, 5) is 17.0. The second kappa shape index (κ2) is 10.7. The highest BCUT2D eigenvalue weighted by molar-refractivity contribution is 6.00. The van der Waals surface area contributed by atoms with Gasteiger partial charge in [-0.3, -0.25) is 0 Å². The Hall–Kier alpha value is -4.32. The topological polar surface area (TPSA) is 72.5 Å². The lowest BCUT2D eigenvalue weighted by Gasteiger charge is -2.22. The molecule has 6 heteroatoms. The highest BCUT2D eigenvalue weighted by Crippen LogP contribution is 2.35. The van der Waals surface area contributed by atoms with E-state index in [0.717, 1.165) is 16.9 Å². The molecule has 0 aliphatic heterocycles. The van der Waals surface area contributed by atoms with Crippen LogP contribution in [0.2, 0.25) is 0 Å². The Morgan fingerprint density at radius 3 is 2.29 bits per heavy atom. The lowest BCUT2D eigenvalue weighted by Crippen LogP contribution is -2.20. The number of amides is 2. The molecule has 1 heterocycles. The minimum atomic E-state index is -0.398. The predicted molar refractivity (Wildman–Crippen MR) is 139 cm³/mol. The molecule has 35 heavy (non-hydrogen) atoms. The number of nitrogens with zero attached hydrogens (tertiary/aromatic N) is 1. The number of hydrogen-bond donors (Lipinski definition) is 2. The second-order valence-electron chi connectivity index (χ2n) is 9.08. The van der Waals surface area contributed by atoms with Gasteiger partial charge in [-0.05, 0) is 53.4 Å². The number of carbonyl (C=O) groups is 1. The van der Waals surface area contributed by atoms with E-state index in [1.165, 1.54) is 0 Å². The summed E-state index contributed by atoms with van der Waals surface area (Å²) in [7, 11) is 0. The van der Waals surface area contributed by atoms with Crippen LogP contribution < -0.4 is 20.1 Å². The number of benzene rings is 3. The molecular formula is C29H29N3O3. The zero-order valence-electron chi connectivity index (χ0n) is 20.1. The molecule has 0 aliphatic rings. The Bertz CT molecular complexity index is 1270. The zero-order chi connectivity index (χ0) is 24.7. The standard InChI is InChI=1S/C29H29N3O3/c1-29(2,3)24-12-7-8-14-26(24)35-27-25(13-9-19-30-27)32-28(33)31-22-15-17-23(18-16-22)34-20-21-10-5-4-6-11-21/h4-19H,20H2,1-3H3,(H2,31,32,33). The maximum Gasteiger partial charge on any atom is 0.323 e. The van der Waals surface area contributed by atoms with Gasteiger partial charge in [-0.2, -0.15) is 0 Å². The molecule has 3 aromatic carbocycles. The number of rotatable bonds is 7. The van der Waals surface area contributed by atoms with Crippen molar-refractivity contribution >= 4 is 17.4 Å². The molecule has 0 radical (unpaired) electrons. The lowest BCUT2D eigenvalue weighted by molar-refractivity contribution is 0.262. The largest absolute Gasteiger partial charge is 0.489 e. The molecule has 2 N–H and O–H groups in total. The molecule has 4 aromatic rings. The molecule has 2 amide bonds. The van der Waals surface area contributed by atoms with Gasteiger partial charge in [0.2, 0.25) is 5.88 Å². The maximum atomic E-state index is 12.7. The first-order valence-electron chi connectivity index (χ1n) is 11.5. The molecule has 0 saturated heterocycles. The van der Waals surface area contributed by atoms with E-state index in [2.05, 4.69) is 36.4 Å². The first kappa shape index (κ1) is 23.8. The van der Waals surface area contributed by atoms with Crippen LogP contribution in [0.25, 0.3) is 0 Å². The summed E-state index contributed by atoms with van der Waals surface area (Å²) < 4.78 is 11.9. The monoisotopic (exact) mass is 467 g/mol. The summed E-state index contributed by atoms with van der Waals surface area (Å²) in [6.45, 7) is 6.85. The van der Waals surface area contributed by atoms with E-state index in [4.69, 9.17) is 9.47 Å². The van der Waals surface area contributed by atoms with E-state index in [-0.39, 0.29) is 5.41 Å². The molecule has 0 unspecified atom stereocenters. The number of aromatic nitrogens is 1. The van der Waals surface area contributed by atoms with Gasteiger partial charge in [-0.1, -0.05) is 69.3 Å². The summed E-state index contributed by atoms with van der Waals surface area (Å²) in [6, 6.07) is 28.1. The van der Waals surface area contributed by atoms with E-state index in [0.29, 0.717) is 29.6 Å². The van der Waals surface area contributed by atoms with Crippen LogP contribution in [-0.2, 0) is 12.0 Å². The minimum absolute atomic E-state index is 0.104. The number of anilines is 2. The summed E-state index contributed by atoms with van der Waals surface area (Å²) in [6.07, 6.45) is 1.63. The average Bonchev–Trinajstić information content (AvgIpc) is 2.85. The number of hydrogen-bond acceptors (Lipinski definition) is 4. The van der Waals surface area contributed by atoms with Crippen molar-refractivity contribution in [3.05, 3.63) is 108 Å². The van der Waals surface area contributed by atoms with Crippen LogP contribution in [0.3, 0.4) is 0 Å². The number of ether oxygens (including phenoxy) is 2. The quantitative estimate of drug-likeness (QED) is 0.297. The fourth-order valence-corrected chi connectivity index (χ4v) is 3.51. The van der Waals surface area contributed by atoms with Crippen molar-refractivity contribution in [2.45, 2.75) is 32.8 Å². The number of nitrogens with one attached hydrogen (secondary N) is 2. The molecule has 0 aliphatic carbocycles. The van der Waals surface area contributed by atoms with Crippen LogP contribution in [0, 0.1) is 0 Å². The van der Waals surface area contributed by atoms with Gasteiger partial charge >= 0.3 is 6.03 Å². The first-order valence-corrected chi connectivity index (χ1v) is 11.5. The zero-order valence-corrected chi connectivity index (χ0v) is 20.1. The second-order valence-corrected chi connectivity index (χ2v) is 9.08. The molecular weight excluding hydrogens is 438 g/mol. The van der Waals surface area contributed by atoms with Crippen molar-refractivity contribution < 1.29 is 14.3 Å². The Morgan fingerprint density at radius 1 is 0.829 bits per heavy atom. The number of para-hydroxylation sites is 1. The van der Waals surface area contributed by atoms with Crippen molar-refractivity contribution in [1.29, 1.82) is 0 Å². The lowest BCUT2D eigenvalue weighted by atomic mass is 9.86. The van der Waals surface area contributed by atoms with Crippen LogP contribution in [0.5, 0.6) is 17.4 Å². The summed E-state index contributed by atoms with van der Waals surface area (Å²) >= 11 is 0. The van der Waals surface area contributed by atoms with Gasteiger partial charge in [-0.25, -0.2) is 9.78 Å². The van der Waals surface area contributed by atoms with Crippen molar-refractivity contribution in [2.24, 2.45) is 0 Å². The van der Waals surface area contributed by atoms with Crippen LogP contribution >= 0.6 is 0 Å². The van der Waals surface area contributed by atoms with Gasteiger partial charge in [0.25, 0.3) is 0 Å². The fourth-order valence-electron chi connectivity index (χ4n) is 3.51. The minimum Gasteiger partial charge on any atom is -0.489 e. The molecule has 0 spiro atoms. The molecule has 0 saturated carbocycles. The molecule has 178 valence electrons. The number of pyridine rings is 1. The average molecular weight is 468 g/mol.